The standard InChI is InChI=1S/C19H19ClN4O/c1-12-6-4-5-7-15(12)22-18-8-9-21-19(24-18)23-16-10-13(2)14(20)11-17(16)25-3/h4-11H,1-3H3,(H2,21,22,23,24). The molecule has 0 fully saturated rings. The van der Waals surface area contributed by atoms with Gasteiger partial charge in [0.15, 0.2) is 0 Å². The van der Waals surface area contributed by atoms with Gasteiger partial charge in [-0.25, -0.2) is 4.98 Å². The second kappa shape index (κ2) is 7.40. The Kier molecular flexibility index (Phi) is 5.05. The molecule has 128 valence electrons. The number of aromatic nitrogens is 2. The first-order valence-corrected chi connectivity index (χ1v) is 8.21. The van der Waals surface area contributed by atoms with Crippen molar-refractivity contribution >= 4 is 34.7 Å². The highest BCUT2D eigenvalue weighted by molar-refractivity contribution is 6.31. The van der Waals surface area contributed by atoms with Gasteiger partial charge in [0.25, 0.3) is 0 Å². The minimum atomic E-state index is 0.471. The van der Waals surface area contributed by atoms with E-state index in [1.165, 1.54) is 0 Å². The Morgan fingerprint density at radius 2 is 1.76 bits per heavy atom. The van der Waals surface area contributed by atoms with Crippen molar-refractivity contribution < 1.29 is 4.74 Å². The first kappa shape index (κ1) is 17.0. The van der Waals surface area contributed by atoms with Crippen molar-refractivity contribution in [1.29, 1.82) is 0 Å². The van der Waals surface area contributed by atoms with Gasteiger partial charge in [0, 0.05) is 23.0 Å². The van der Waals surface area contributed by atoms with Crippen molar-refractivity contribution in [2.24, 2.45) is 0 Å². The van der Waals surface area contributed by atoms with E-state index < -0.39 is 0 Å². The second-order valence-corrected chi connectivity index (χ2v) is 6.04. The average molecular weight is 355 g/mol. The minimum Gasteiger partial charge on any atom is -0.495 e. The summed E-state index contributed by atoms with van der Waals surface area (Å²) in [6.07, 6.45) is 1.70. The topological polar surface area (TPSA) is 59.1 Å². The van der Waals surface area contributed by atoms with Crippen LogP contribution in [-0.2, 0) is 0 Å². The maximum Gasteiger partial charge on any atom is 0.229 e. The van der Waals surface area contributed by atoms with Gasteiger partial charge < -0.3 is 15.4 Å². The zero-order valence-corrected chi connectivity index (χ0v) is 15.1. The van der Waals surface area contributed by atoms with Crippen LogP contribution in [0.2, 0.25) is 5.02 Å². The molecule has 0 bridgehead atoms. The summed E-state index contributed by atoms with van der Waals surface area (Å²) < 4.78 is 5.38. The summed E-state index contributed by atoms with van der Waals surface area (Å²) in [5.74, 6) is 1.81. The van der Waals surface area contributed by atoms with Crippen molar-refractivity contribution in [1.82, 2.24) is 9.97 Å². The molecule has 0 spiro atoms. The fourth-order valence-electron chi connectivity index (χ4n) is 2.39. The summed E-state index contributed by atoms with van der Waals surface area (Å²) in [4.78, 5) is 8.79. The number of hydrogen-bond donors (Lipinski definition) is 2. The summed E-state index contributed by atoms with van der Waals surface area (Å²) >= 11 is 6.15. The molecule has 0 saturated carbocycles. The number of methoxy groups -OCH3 is 1. The van der Waals surface area contributed by atoms with E-state index in [1.54, 1.807) is 19.4 Å². The predicted molar refractivity (Wildman–Crippen MR) is 103 cm³/mol. The van der Waals surface area contributed by atoms with Crippen LogP contribution >= 0.6 is 11.6 Å². The highest BCUT2D eigenvalue weighted by Gasteiger charge is 2.09. The number of para-hydroxylation sites is 1. The van der Waals surface area contributed by atoms with E-state index in [9.17, 15) is 0 Å². The number of aryl methyl sites for hydroxylation is 2. The largest absolute Gasteiger partial charge is 0.495 e. The van der Waals surface area contributed by atoms with Crippen LogP contribution in [0, 0.1) is 13.8 Å². The highest BCUT2D eigenvalue weighted by atomic mass is 35.5. The molecule has 0 unspecified atom stereocenters. The lowest BCUT2D eigenvalue weighted by Gasteiger charge is -2.13. The maximum atomic E-state index is 6.15. The molecule has 0 radical (unpaired) electrons. The van der Waals surface area contributed by atoms with Crippen LogP contribution in [0.5, 0.6) is 5.75 Å². The Hall–Kier alpha value is -2.79. The third-order valence-corrected chi connectivity index (χ3v) is 4.20. The maximum absolute atomic E-state index is 6.15. The molecule has 5 nitrogen and oxygen atoms in total. The predicted octanol–water partition coefficient (Wildman–Crippen LogP) is 5.24. The third-order valence-electron chi connectivity index (χ3n) is 3.79. The molecule has 0 amide bonds. The van der Waals surface area contributed by atoms with E-state index in [-0.39, 0.29) is 0 Å². The Morgan fingerprint density at radius 3 is 2.52 bits per heavy atom. The van der Waals surface area contributed by atoms with E-state index >= 15 is 0 Å². The molecule has 0 saturated heterocycles. The Bertz CT molecular complexity index is 898. The van der Waals surface area contributed by atoms with E-state index in [0.717, 1.165) is 22.5 Å². The van der Waals surface area contributed by atoms with Crippen LogP contribution in [0.25, 0.3) is 0 Å². The zero-order chi connectivity index (χ0) is 17.8. The van der Waals surface area contributed by atoms with E-state index in [4.69, 9.17) is 16.3 Å². The number of anilines is 4. The van der Waals surface area contributed by atoms with Crippen molar-refractivity contribution in [3.05, 3.63) is 64.8 Å². The number of nitrogens with zero attached hydrogens (tertiary/aromatic N) is 2. The number of rotatable bonds is 5. The van der Waals surface area contributed by atoms with Gasteiger partial charge in [0.2, 0.25) is 5.95 Å². The van der Waals surface area contributed by atoms with Crippen molar-refractivity contribution in [3.8, 4) is 5.75 Å². The molecule has 0 aliphatic carbocycles. The fourth-order valence-corrected chi connectivity index (χ4v) is 2.54. The molecule has 0 atom stereocenters. The van der Waals surface area contributed by atoms with Crippen LogP contribution in [0.15, 0.2) is 48.7 Å². The van der Waals surface area contributed by atoms with E-state index in [1.807, 2.05) is 50.2 Å². The summed E-state index contributed by atoms with van der Waals surface area (Å²) in [5, 5.41) is 7.14. The van der Waals surface area contributed by atoms with Crippen LogP contribution in [0.1, 0.15) is 11.1 Å². The number of nitrogens with one attached hydrogen (secondary N) is 2. The van der Waals surface area contributed by atoms with Gasteiger partial charge in [0.1, 0.15) is 11.6 Å². The normalized spacial score (nSPS) is 10.4. The number of hydrogen-bond acceptors (Lipinski definition) is 5. The van der Waals surface area contributed by atoms with Crippen molar-refractivity contribution in [2.45, 2.75) is 13.8 Å². The summed E-state index contributed by atoms with van der Waals surface area (Å²) in [5.41, 5.74) is 3.86. The van der Waals surface area contributed by atoms with Gasteiger partial charge in [-0.05, 0) is 43.2 Å². The van der Waals surface area contributed by atoms with Gasteiger partial charge in [-0.15, -0.1) is 0 Å². The van der Waals surface area contributed by atoms with Crippen LogP contribution in [-0.4, -0.2) is 17.1 Å². The number of benzene rings is 2. The molecule has 2 aromatic carbocycles. The zero-order valence-electron chi connectivity index (χ0n) is 14.3. The van der Waals surface area contributed by atoms with Crippen molar-refractivity contribution in [2.75, 3.05) is 17.7 Å². The molecule has 0 aliphatic rings. The molecule has 2 N–H and O–H groups in total. The quantitative estimate of drug-likeness (QED) is 0.656. The monoisotopic (exact) mass is 354 g/mol. The lowest BCUT2D eigenvalue weighted by Crippen LogP contribution is -2.02. The van der Waals surface area contributed by atoms with E-state index in [0.29, 0.717) is 22.5 Å². The Balaban J connectivity index is 1.85. The van der Waals surface area contributed by atoms with Crippen LogP contribution < -0.4 is 15.4 Å². The van der Waals surface area contributed by atoms with Gasteiger partial charge in [0.05, 0.1) is 12.8 Å². The first-order valence-electron chi connectivity index (χ1n) is 7.83. The van der Waals surface area contributed by atoms with Crippen molar-refractivity contribution in [3.63, 3.8) is 0 Å². The molecular weight excluding hydrogens is 336 g/mol. The molecule has 3 aromatic rings. The lowest BCUT2D eigenvalue weighted by atomic mass is 10.2. The molecule has 0 aliphatic heterocycles. The van der Waals surface area contributed by atoms with E-state index in [2.05, 4.69) is 20.6 Å². The SMILES string of the molecule is COc1cc(Cl)c(C)cc1Nc1nccc(Nc2ccccc2C)n1. The van der Waals surface area contributed by atoms with Gasteiger partial charge in [-0.3, -0.25) is 0 Å². The minimum absolute atomic E-state index is 0.471. The number of halogens is 1. The first-order chi connectivity index (χ1) is 12.1. The lowest BCUT2D eigenvalue weighted by molar-refractivity contribution is 0.416. The van der Waals surface area contributed by atoms with Gasteiger partial charge in [-0.2, -0.15) is 4.98 Å². The molecule has 1 heterocycles. The smallest absolute Gasteiger partial charge is 0.229 e. The van der Waals surface area contributed by atoms with Crippen LogP contribution in [0.4, 0.5) is 23.1 Å². The molecular formula is C19H19ClN4O. The van der Waals surface area contributed by atoms with Gasteiger partial charge in [-0.1, -0.05) is 29.8 Å². The summed E-state index contributed by atoms with van der Waals surface area (Å²) in [6.45, 7) is 3.98. The van der Waals surface area contributed by atoms with Gasteiger partial charge >= 0.3 is 0 Å². The summed E-state index contributed by atoms with van der Waals surface area (Å²) in [7, 11) is 1.60. The fraction of sp³-hybridized carbons (Fsp3) is 0.158. The summed E-state index contributed by atoms with van der Waals surface area (Å²) in [6, 6.07) is 13.5. The Labute approximate surface area is 152 Å². The molecule has 3 rings (SSSR count). The molecule has 6 heteroatoms. The number of ether oxygens (including phenoxy) is 1. The highest BCUT2D eigenvalue weighted by Crippen LogP contribution is 2.32. The average Bonchev–Trinajstić information content (AvgIpc) is 2.60. The second-order valence-electron chi connectivity index (χ2n) is 5.63. The molecule has 25 heavy (non-hydrogen) atoms. The van der Waals surface area contributed by atoms with Crippen LogP contribution in [0.3, 0.4) is 0 Å². The Morgan fingerprint density at radius 1 is 0.960 bits per heavy atom. The molecule has 1 aromatic heterocycles. The third kappa shape index (κ3) is 4.00.